The number of aryl methyl sites for hydroxylation is 3. The summed E-state index contributed by atoms with van der Waals surface area (Å²) in [7, 11) is 0. The first kappa shape index (κ1) is 17.1. The number of rotatable bonds is 7. The van der Waals surface area contributed by atoms with Gasteiger partial charge in [0, 0.05) is 18.7 Å². The second-order valence-electron chi connectivity index (χ2n) is 5.61. The van der Waals surface area contributed by atoms with Gasteiger partial charge < -0.3 is 20.2 Å². The summed E-state index contributed by atoms with van der Waals surface area (Å²) in [5.41, 5.74) is 1.97. The topological polar surface area (TPSA) is 74.5 Å². The van der Waals surface area contributed by atoms with E-state index >= 15 is 0 Å². The molecule has 23 heavy (non-hydrogen) atoms. The van der Waals surface area contributed by atoms with Crippen LogP contribution in [0.4, 0.5) is 4.79 Å². The third-order valence-electron chi connectivity index (χ3n) is 3.66. The minimum absolute atomic E-state index is 0.157. The number of nitrogens with one attached hydrogen (secondary N) is 2. The third kappa shape index (κ3) is 5.45. The summed E-state index contributed by atoms with van der Waals surface area (Å²) in [6.07, 6.45) is 1.04. The van der Waals surface area contributed by atoms with Crippen molar-refractivity contribution in [2.45, 2.75) is 32.8 Å². The first-order valence-corrected chi connectivity index (χ1v) is 7.87. The Labute approximate surface area is 136 Å². The van der Waals surface area contributed by atoms with Gasteiger partial charge in [0.2, 0.25) is 0 Å². The molecule has 124 valence electrons. The summed E-state index contributed by atoms with van der Waals surface area (Å²) in [5, 5.41) is 15.6. The first-order chi connectivity index (χ1) is 11.1. The van der Waals surface area contributed by atoms with E-state index in [4.69, 9.17) is 4.42 Å². The maximum absolute atomic E-state index is 11.7. The summed E-state index contributed by atoms with van der Waals surface area (Å²) in [6, 6.07) is 11.7. The molecule has 2 aromatic rings. The molecule has 2 amide bonds. The largest absolute Gasteiger partial charge is 0.466 e. The maximum atomic E-state index is 11.7. The molecule has 0 bridgehead atoms. The van der Waals surface area contributed by atoms with Gasteiger partial charge in [-0.2, -0.15) is 0 Å². The minimum atomic E-state index is -0.762. The number of carbonyl (C=O) groups is 1. The lowest BCUT2D eigenvalue weighted by Crippen LogP contribution is -2.38. The molecule has 1 aromatic carbocycles. The van der Waals surface area contributed by atoms with Crippen molar-refractivity contribution in [1.82, 2.24) is 10.6 Å². The van der Waals surface area contributed by atoms with Gasteiger partial charge in [0.1, 0.15) is 11.5 Å². The van der Waals surface area contributed by atoms with E-state index < -0.39 is 6.10 Å². The van der Waals surface area contributed by atoms with Crippen LogP contribution in [0.25, 0.3) is 0 Å². The Hall–Kier alpha value is -2.27. The van der Waals surface area contributed by atoms with E-state index in [1.807, 2.05) is 25.1 Å². The summed E-state index contributed by atoms with van der Waals surface area (Å²) in [4.78, 5) is 11.7. The van der Waals surface area contributed by atoms with Crippen LogP contribution >= 0.6 is 0 Å². The van der Waals surface area contributed by atoms with Crippen molar-refractivity contribution in [1.29, 1.82) is 0 Å². The SMILES string of the molecule is Cc1cc(C(O)CNC(=O)NCCCc2ccccc2)c(C)o1. The summed E-state index contributed by atoms with van der Waals surface area (Å²) in [5.74, 6) is 1.43. The number of benzene rings is 1. The Morgan fingerprint density at radius 3 is 2.61 bits per heavy atom. The van der Waals surface area contributed by atoms with E-state index in [1.54, 1.807) is 13.0 Å². The molecule has 0 saturated heterocycles. The Morgan fingerprint density at radius 2 is 1.96 bits per heavy atom. The molecule has 3 N–H and O–H groups in total. The molecule has 0 aliphatic rings. The summed E-state index contributed by atoms with van der Waals surface area (Å²) < 4.78 is 5.38. The van der Waals surface area contributed by atoms with Gasteiger partial charge in [-0.1, -0.05) is 30.3 Å². The number of carbonyl (C=O) groups excluding carboxylic acids is 1. The quantitative estimate of drug-likeness (QED) is 0.688. The summed E-state index contributed by atoms with van der Waals surface area (Å²) >= 11 is 0. The van der Waals surface area contributed by atoms with Gasteiger partial charge in [0.15, 0.2) is 0 Å². The lowest BCUT2D eigenvalue weighted by Gasteiger charge is -2.12. The van der Waals surface area contributed by atoms with Crippen molar-refractivity contribution in [2.24, 2.45) is 0 Å². The monoisotopic (exact) mass is 316 g/mol. The van der Waals surface area contributed by atoms with Crippen LogP contribution in [0, 0.1) is 13.8 Å². The number of aliphatic hydroxyl groups excluding tert-OH is 1. The van der Waals surface area contributed by atoms with Crippen LogP contribution in [0.3, 0.4) is 0 Å². The van der Waals surface area contributed by atoms with Crippen molar-refractivity contribution in [3.8, 4) is 0 Å². The molecule has 1 atom stereocenters. The van der Waals surface area contributed by atoms with Crippen LogP contribution in [0.15, 0.2) is 40.8 Å². The van der Waals surface area contributed by atoms with E-state index in [9.17, 15) is 9.90 Å². The molecule has 0 fully saturated rings. The second-order valence-corrected chi connectivity index (χ2v) is 5.61. The van der Waals surface area contributed by atoms with Crippen LogP contribution in [-0.4, -0.2) is 24.2 Å². The molecule has 0 aliphatic carbocycles. The molecule has 0 radical (unpaired) electrons. The van der Waals surface area contributed by atoms with Gasteiger partial charge in [-0.3, -0.25) is 0 Å². The predicted molar refractivity (Wildman–Crippen MR) is 89.3 cm³/mol. The number of urea groups is 1. The Morgan fingerprint density at radius 1 is 1.22 bits per heavy atom. The van der Waals surface area contributed by atoms with E-state index in [0.717, 1.165) is 18.6 Å². The average molecular weight is 316 g/mol. The van der Waals surface area contributed by atoms with Gasteiger partial charge in [0.25, 0.3) is 0 Å². The molecule has 0 saturated carbocycles. The highest BCUT2D eigenvalue weighted by Crippen LogP contribution is 2.20. The molecular weight excluding hydrogens is 292 g/mol. The highest BCUT2D eigenvalue weighted by atomic mass is 16.3. The van der Waals surface area contributed by atoms with Gasteiger partial charge >= 0.3 is 6.03 Å². The molecule has 5 nitrogen and oxygen atoms in total. The highest BCUT2D eigenvalue weighted by molar-refractivity contribution is 5.73. The number of hydrogen-bond donors (Lipinski definition) is 3. The zero-order valence-corrected chi connectivity index (χ0v) is 13.6. The first-order valence-electron chi connectivity index (χ1n) is 7.87. The fourth-order valence-electron chi connectivity index (χ4n) is 2.48. The maximum Gasteiger partial charge on any atom is 0.314 e. The van der Waals surface area contributed by atoms with Gasteiger partial charge in [-0.25, -0.2) is 4.79 Å². The van der Waals surface area contributed by atoms with E-state index in [-0.39, 0.29) is 12.6 Å². The van der Waals surface area contributed by atoms with Crippen molar-refractivity contribution in [2.75, 3.05) is 13.1 Å². The van der Waals surface area contributed by atoms with Crippen LogP contribution in [-0.2, 0) is 6.42 Å². The van der Waals surface area contributed by atoms with E-state index in [0.29, 0.717) is 17.9 Å². The molecule has 0 spiro atoms. The average Bonchev–Trinajstić information content (AvgIpc) is 2.89. The lowest BCUT2D eigenvalue weighted by molar-refractivity contribution is 0.171. The van der Waals surface area contributed by atoms with Gasteiger partial charge in [0.05, 0.1) is 6.10 Å². The van der Waals surface area contributed by atoms with Crippen LogP contribution in [0.1, 0.15) is 35.2 Å². The van der Waals surface area contributed by atoms with Crippen LogP contribution < -0.4 is 10.6 Å². The Balaban J connectivity index is 1.64. The second kappa shape index (κ2) is 8.39. The van der Waals surface area contributed by atoms with Crippen LogP contribution in [0.5, 0.6) is 0 Å². The third-order valence-corrected chi connectivity index (χ3v) is 3.66. The molecule has 0 aliphatic heterocycles. The van der Waals surface area contributed by atoms with Crippen molar-refractivity contribution >= 4 is 6.03 Å². The standard InChI is InChI=1S/C18H24N2O3/c1-13-11-16(14(2)23-13)17(21)12-20-18(22)19-10-6-9-15-7-4-3-5-8-15/h3-5,7-8,11,17,21H,6,9-10,12H2,1-2H3,(H2,19,20,22). The fraction of sp³-hybridized carbons (Fsp3) is 0.389. The lowest BCUT2D eigenvalue weighted by atomic mass is 10.1. The number of amides is 2. The number of aliphatic hydroxyl groups is 1. The Kier molecular flexibility index (Phi) is 6.23. The Bertz CT molecular complexity index is 622. The highest BCUT2D eigenvalue weighted by Gasteiger charge is 2.15. The van der Waals surface area contributed by atoms with Crippen molar-refractivity contribution < 1.29 is 14.3 Å². The molecule has 5 heteroatoms. The number of hydrogen-bond acceptors (Lipinski definition) is 3. The van der Waals surface area contributed by atoms with Crippen LogP contribution in [0.2, 0.25) is 0 Å². The smallest absolute Gasteiger partial charge is 0.314 e. The zero-order valence-electron chi connectivity index (χ0n) is 13.6. The fourth-order valence-corrected chi connectivity index (χ4v) is 2.48. The zero-order chi connectivity index (χ0) is 16.7. The summed E-state index contributed by atoms with van der Waals surface area (Å²) in [6.45, 7) is 4.39. The predicted octanol–water partition coefficient (Wildman–Crippen LogP) is 2.86. The minimum Gasteiger partial charge on any atom is -0.466 e. The molecular formula is C18H24N2O3. The number of furan rings is 1. The van der Waals surface area contributed by atoms with E-state index in [1.165, 1.54) is 5.56 Å². The van der Waals surface area contributed by atoms with Gasteiger partial charge in [-0.15, -0.1) is 0 Å². The van der Waals surface area contributed by atoms with Crippen molar-refractivity contribution in [3.63, 3.8) is 0 Å². The van der Waals surface area contributed by atoms with Crippen molar-refractivity contribution in [3.05, 3.63) is 59.0 Å². The molecule has 1 heterocycles. The molecule has 1 unspecified atom stereocenters. The van der Waals surface area contributed by atoms with Gasteiger partial charge in [-0.05, 0) is 38.3 Å². The normalized spacial score (nSPS) is 12.0. The molecule has 2 rings (SSSR count). The van der Waals surface area contributed by atoms with E-state index in [2.05, 4.69) is 22.8 Å². The molecule has 1 aromatic heterocycles.